The van der Waals surface area contributed by atoms with Crippen molar-refractivity contribution in [3.05, 3.63) is 0 Å². The fraction of sp³-hybridized carbons (Fsp3) is 1.00. The third kappa shape index (κ3) is 2.88. The van der Waals surface area contributed by atoms with Gasteiger partial charge in [0.05, 0.1) is 12.7 Å². The molecule has 0 amide bonds. The topological polar surface area (TPSA) is 75.9 Å². The number of hydrogen-bond donors (Lipinski definition) is 1. The summed E-state index contributed by atoms with van der Waals surface area (Å²) in [4.78, 5) is 0. The van der Waals surface area contributed by atoms with Gasteiger partial charge in [0.15, 0.2) is 0 Å². The Morgan fingerprint density at radius 2 is 2.13 bits per heavy atom. The molecule has 0 aromatic heterocycles. The predicted molar refractivity (Wildman–Crippen MR) is 57.6 cm³/mol. The van der Waals surface area contributed by atoms with Crippen LogP contribution in [-0.2, 0) is 14.9 Å². The Kier molecular flexibility index (Phi) is 4.07. The third-order valence-corrected chi connectivity index (χ3v) is 4.34. The molecule has 15 heavy (non-hydrogen) atoms. The van der Waals surface area contributed by atoms with Crippen LogP contribution in [0.3, 0.4) is 0 Å². The molecule has 1 rings (SSSR count). The van der Waals surface area contributed by atoms with E-state index in [9.17, 15) is 8.42 Å². The lowest BCUT2D eigenvalue weighted by Crippen LogP contribution is -2.53. The molecule has 2 atom stereocenters. The molecule has 0 aromatic carbocycles. The van der Waals surface area contributed by atoms with Crippen LogP contribution >= 0.6 is 0 Å². The quantitative estimate of drug-likeness (QED) is 0.672. The molecule has 0 aromatic rings. The van der Waals surface area contributed by atoms with Crippen molar-refractivity contribution in [2.24, 2.45) is 5.73 Å². The lowest BCUT2D eigenvalue weighted by atomic mass is 10.2. The molecule has 1 aliphatic heterocycles. The van der Waals surface area contributed by atoms with E-state index in [1.807, 2.05) is 6.92 Å². The fourth-order valence-corrected chi connectivity index (χ4v) is 2.51. The van der Waals surface area contributed by atoms with E-state index in [-0.39, 0.29) is 12.1 Å². The smallest absolute Gasteiger partial charge is 0.281 e. The van der Waals surface area contributed by atoms with E-state index in [0.29, 0.717) is 19.7 Å². The largest absolute Gasteiger partial charge is 0.374 e. The van der Waals surface area contributed by atoms with Gasteiger partial charge in [-0.2, -0.15) is 17.0 Å². The second-order valence-corrected chi connectivity index (χ2v) is 6.06. The van der Waals surface area contributed by atoms with Crippen LogP contribution in [0.4, 0.5) is 0 Å². The maximum Gasteiger partial charge on any atom is 0.281 e. The van der Waals surface area contributed by atoms with E-state index in [1.54, 1.807) is 0 Å². The van der Waals surface area contributed by atoms with Crippen molar-refractivity contribution in [2.45, 2.75) is 19.1 Å². The molecule has 0 aliphatic carbocycles. The average molecular weight is 237 g/mol. The van der Waals surface area contributed by atoms with E-state index in [0.717, 1.165) is 0 Å². The molecule has 1 aliphatic rings. The maximum atomic E-state index is 11.8. The van der Waals surface area contributed by atoms with Crippen molar-refractivity contribution in [1.82, 2.24) is 8.61 Å². The SMILES string of the molecule is CC(N)C1CN(S(=O)(=O)N(C)C)CCO1. The molecule has 0 radical (unpaired) electrons. The maximum absolute atomic E-state index is 11.8. The van der Waals surface area contributed by atoms with E-state index in [2.05, 4.69) is 0 Å². The van der Waals surface area contributed by atoms with Crippen molar-refractivity contribution in [2.75, 3.05) is 33.8 Å². The first-order valence-electron chi connectivity index (χ1n) is 4.90. The second kappa shape index (κ2) is 4.75. The lowest BCUT2D eigenvalue weighted by Gasteiger charge is -2.35. The zero-order valence-corrected chi connectivity index (χ0v) is 10.2. The molecule has 1 fully saturated rings. The first kappa shape index (κ1) is 12.9. The minimum atomic E-state index is -3.34. The van der Waals surface area contributed by atoms with Gasteiger partial charge in [-0.3, -0.25) is 0 Å². The molecule has 0 spiro atoms. The Hall–Kier alpha value is -0.210. The summed E-state index contributed by atoms with van der Waals surface area (Å²) in [6, 6.07) is -0.162. The van der Waals surface area contributed by atoms with Crippen LogP contribution in [0.5, 0.6) is 0 Å². The van der Waals surface area contributed by atoms with Gasteiger partial charge in [0.2, 0.25) is 0 Å². The Labute approximate surface area is 91.2 Å². The molecule has 2 N–H and O–H groups in total. The van der Waals surface area contributed by atoms with Gasteiger partial charge >= 0.3 is 0 Å². The van der Waals surface area contributed by atoms with Crippen LogP contribution in [-0.4, -0.2) is 63.0 Å². The van der Waals surface area contributed by atoms with Gasteiger partial charge in [0.25, 0.3) is 10.2 Å². The minimum absolute atomic E-state index is 0.162. The summed E-state index contributed by atoms with van der Waals surface area (Å²) < 4.78 is 31.6. The predicted octanol–water partition coefficient (Wildman–Crippen LogP) is -1.16. The molecule has 0 bridgehead atoms. The van der Waals surface area contributed by atoms with E-state index < -0.39 is 10.2 Å². The summed E-state index contributed by atoms with van der Waals surface area (Å²) in [6.07, 6.45) is -0.214. The zero-order chi connectivity index (χ0) is 11.6. The van der Waals surface area contributed by atoms with Gasteiger partial charge in [-0.25, -0.2) is 0 Å². The number of hydrogen-bond acceptors (Lipinski definition) is 4. The van der Waals surface area contributed by atoms with Crippen LogP contribution in [0.25, 0.3) is 0 Å². The van der Waals surface area contributed by atoms with E-state index in [4.69, 9.17) is 10.5 Å². The number of rotatable bonds is 3. The number of ether oxygens (including phenoxy) is 1. The first-order chi connectivity index (χ1) is 6.85. The van der Waals surface area contributed by atoms with E-state index >= 15 is 0 Å². The highest BCUT2D eigenvalue weighted by Crippen LogP contribution is 2.13. The molecule has 7 heteroatoms. The number of morpholine rings is 1. The Balaban J connectivity index is 2.72. The summed E-state index contributed by atoms with van der Waals surface area (Å²) in [6.45, 7) is 2.94. The van der Waals surface area contributed by atoms with Crippen LogP contribution in [0.15, 0.2) is 0 Å². The van der Waals surface area contributed by atoms with Crippen LogP contribution in [0.2, 0.25) is 0 Å². The zero-order valence-electron chi connectivity index (χ0n) is 9.38. The average Bonchev–Trinajstić information content (AvgIpc) is 2.17. The van der Waals surface area contributed by atoms with E-state index in [1.165, 1.54) is 22.7 Å². The Morgan fingerprint density at radius 1 is 1.53 bits per heavy atom. The van der Waals surface area contributed by atoms with Crippen molar-refractivity contribution < 1.29 is 13.2 Å². The third-order valence-electron chi connectivity index (χ3n) is 2.43. The molecule has 2 unspecified atom stereocenters. The summed E-state index contributed by atoms with van der Waals surface area (Å²) in [5, 5.41) is 0. The van der Waals surface area contributed by atoms with Crippen molar-refractivity contribution in [3.8, 4) is 0 Å². The molecule has 0 saturated carbocycles. The van der Waals surface area contributed by atoms with Crippen LogP contribution in [0.1, 0.15) is 6.92 Å². The highest BCUT2D eigenvalue weighted by molar-refractivity contribution is 7.86. The lowest BCUT2D eigenvalue weighted by molar-refractivity contribution is -0.0132. The van der Waals surface area contributed by atoms with Gasteiger partial charge < -0.3 is 10.5 Å². The fourth-order valence-electron chi connectivity index (χ4n) is 1.41. The van der Waals surface area contributed by atoms with Gasteiger partial charge in [0.1, 0.15) is 0 Å². The van der Waals surface area contributed by atoms with Crippen LogP contribution in [0, 0.1) is 0 Å². The van der Waals surface area contributed by atoms with Gasteiger partial charge in [-0.1, -0.05) is 0 Å². The molecule has 6 nitrogen and oxygen atoms in total. The molecular formula is C8H19N3O3S. The molecule has 90 valence electrons. The Bertz CT molecular complexity index is 302. The highest BCUT2D eigenvalue weighted by atomic mass is 32.2. The molecule has 1 heterocycles. The molecule has 1 saturated heterocycles. The number of nitrogens with two attached hydrogens (primary N) is 1. The normalized spacial score (nSPS) is 26.9. The van der Waals surface area contributed by atoms with Crippen molar-refractivity contribution in [3.63, 3.8) is 0 Å². The Morgan fingerprint density at radius 3 is 2.60 bits per heavy atom. The highest BCUT2D eigenvalue weighted by Gasteiger charge is 2.32. The van der Waals surface area contributed by atoms with Crippen molar-refractivity contribution in [1.29, 1.82) is 0 Å². The minimum Gasteiger partial charge on any atom is -0.374 e. The second-order valence-electron chi connectivity index (χ2n) is 3.92. The summed E-state index contributed by atoms with van der Waals surface area (Å²) in [5.41, 5.74) is 5.69. The van der Waals surface area contributed by atoms with Crippen molar-refractivity contribution >= 4 is 10.2 Å². The summed E-state index contributed by atoms with van der Waals surface area (Å²) >= 11 is 0. The summed E-state index contributed by atoms with van der Waals surface area (Å²) in [7, 11) is -0.296. The number of nitrogens with zero attached hydrogens (tertiary/aromatic N) is 2. The van der Waals surface area contributed by atoms with Gasteiger partial charge in [-0.05, 0) is 6.92 Å². The standard InChI is InChI=1S/C8H19N3O3S/c1-7(9)8-6-11(4-5-14-8)15(12,13)10(2)3/h7-8H,4-6,9H2,1-3H3. The van der Waals surface area contributed by atoms with Gasteiger partial charge in [0, 0.05) is 33.2 Å². The summed E-state index contributed by atoms with van der Waals surface area (Å²) in [5.74, 6) is 0. The first-order valence-corrected chi connectivity index (χ1v) is 6.30. The monoisotopic (exact) mass is 237 g/mol. The van der Waals surface area contributed by atoms with Gasteiger partial charge in [-0.15, -0.1) is 0 Å². The van der Waals surface area contributed by atoms with Crippen LogP contribution < -0.4 is 5.73 Å². The molecular weight excluding hydrogens is 218 g/mol.